The minimum atomic E-state index is 0.0122. The molecule has 0 aromatic rings. The van der Waals surface area contributed by atoms with Crippen molar-refractivity contribution in [1.29, 1.82) is 0 Å². The predicted molar refractivity (Wildman–Crippen MR) is 58.1 cm³/mol. The topological polar surface area (TPSA) is 21.3 Å². The second kappa shape index (κ2) is 3.77. The third kappa shape index (κ3) is 2.01. The van der Waals surface area contributed by atoms with Crippen LogP contribution >= 0.6 is 0 Å². The van der Waals surface area contributed by atoms with Crippen LogP contribution in [0, 0.1) is 0 Å². The maximum atomic E-state index is 6.08. The van der Waals surface area contributed by atoms with Gasteiger partial charge in [0.05, 0.1) is 0 Å². The lowest BCUT2D eigenvalue weighted by atomic mass is 10.0. The normalized spacial score (nSPS) is 32.4. The van der Waals surface area contributed by atoms with E-state index in [4.69, 9.17) is 4.74 Å². The van der Waals surface area contributed by atoms with Gasteiger partial charge in [0.2, 0.25) is 0 Å². The molecular weight excluding hydrogens is 174 g/mol. The largest absolute Gasteiger partial charge is 0.486 e. The second-order valence-corrected chi connectivity index (χ2v) is 4.51. The highest BCUT2D eigenvalue weighted by atomic mass is 16.5. The first-order valence-electron chi connectivity index (χ1n) is 5.47. The molecule has 2 nitrogen and oxygen atoms in total. The Kier molecular flexibility index (Phi) is 2.64. The van der Waals surface area contributed by atoms with Crippen molar-refractivity contribution in [1.82, 2.24) is 5.32 Å². The van der Waals surface area contributed by atoms with Crippen LogP contribution in [0.25, 0.3) is 0 Å². The Morgan fingerprint density at radius 2 is 2.14 bits per heavy atom. The molecule has 1 aliphatic carbocycles. The highest BCUT2D eigenvalue weighted by molar-refractivity contribution is 5.27. The van der Waals surface area contributed by atoms with E-state index in [9.17, 15) is 0 Å². The molecule has 0 spiro atoms. The smallest absolute Gasteiger partial charge is 0.120 e. The van der Waals surface area contributed by atoms with Crippen LogP contribution in [0.5, 0.6) is 0 Å². The Hall–Kier alpha value is -0.760. The van der Waals surface area contributed by atoms with Crippen molar-refractivity contribution >= 4 is 0 Å². The molecular formula is C12H19NO. The summed E-state index contributed by atoms with van der Waals surface area (Å²) >= 11 is 0. The van der Waals surface area contributed by atoms with Crippen LogP contribution in [0.2, 0.25) is 0 Å². The number of hydrogen-bond acceptors (Lipinski definition) is 2. The van der Waals surface area contributed by atoms with Gasteiger partial charge in [-0.1, -0.05) is 6.08 Å². The minimum absolute atomic E-state index is 0.0122. The maximum Gasteiger partial charge on any atom is 0.120 e. The predicted octanol–water partition coefficient (Wildman–Crippen LogP) is 2.38. The standard InChI is InChI=1S/C12H19NO/c1-10-5-3-4-6-11(10)14-12(2)7-8-13-9-12/h5-6,13H,3-4,7-9H2,1-2H3/t12-/m1/s1. The number of allylic oxidation sites excluding steroid dienone is 3. The van der Waals surface area contributed by atoms with Gasteiger partial charge in [0, 0.05) is 13.0 Å². The van der Waals surface area contributed by atoms with Crippen molar-refractivity contribution in [3.8, 4) is 0 Å². The fourth-order valence-electron chi connectivity index (χ4n) is 2.04. The lowest BCUT2D eigenvalue weighted by Crippen LogP contribution is -2.31. The molecule has 2 aliphatic rings. The summed E-state index contributed by atoms with van der Waals surface area (Å²) in [7, 11) is 0. The molecule has 1 atom stereocenters. The monoisotopic (exact) mass is 193 g/mol. The zero-order valence-corrected chi connectivity index (χ0v) is 9.10. The van der Waals surface area contributed by atoms with Crippen LogP contribution in [0.3, 0.4) is 0 Å². The van der Waals surface area contributed by atoms with Crippen LogP contribution in [-0.4, -0.2) is 18.7 Å². The molecule has 0 unspecified atom stereocenters. The Bertz CT molecular complexity index is 272. The lowest BCUT2D eigenvalue weighted by Gasteiger charge is -2.28. The van der Waals surface area contributed by atoms with Crippen molar-refractivity contribution in [2.75, 3.05) is 13.1 Å². The van der Waals surface area contributed by atoms with E-state index in [2.05, 4.69) is 31.3 Å². The third-order valence-corrected chi connectivity index (χ3v) is 3.02. The maximum absolute atomic E-state index is 6.08. The van der Waals surface area contributed by atoms with Gasteiger partial charge in [-0.05, 0) is 44.9 Å². The second-order valence-electron chi connectivity index (χ2n) is 4.51. The van der Waals surface area contributed by atoms with Gasteiger partial charge in [0.25, 0.3) is 0 Å². The quantitative estimate of drug-likeness (QED) is 0.727. The Labute approximate surface area is 86.0 Å². The summed E-state index contributed by atoms with van der Waals surface area (Å²) in [5, 5.41) is 3.35. The highest BCUT2D eigenvalue weighted by Gasteiger charge is 2.31. The molecule has 14 heavy (non-hydrogen) atoms. The number of ether oxygens (including phenoxy) is 1. The van der Waals surface area contributed by atoms with E-state index in [0.29, 0.717) is 0 Å². The zero-order chi connectivity index (χ0) is 10.0. The van der Waals surface area contributed by atoms with Gasteiger partial charge in [-0.25, -0.2) is 0 Å². The van der Waals surface area contributed by atoms with E-state index < -0.39 is 0 Å². The molecule has 1 N–H and O–H groups in total. The third-order valence-electron chi connectivity index (χ3n) is 3.02. The first-order chi connectivity index (χ1) is 6.70. The summed E-state index contributed by atoms with van der Waals surface area (Å²) in [5.74, 6) is 1.10. The fourth-order valence-corrected chi connectivity index (χ4v) is 2.04. The molecule has 0 radical (unpaired) electrons. The average Bonchev–Trinajstić information content (AvgIpc) is 2.57. The van der Waals surface area contributed by atoms with Crippen molar-refractivity contribution in [3.63, 3.8) is 0 Å². The van der Waals surface area contributed by atoms with E-state index >= 15 is 0 Å². The number of rotatable bonds is 2. The molecule has 0 saturated carbocycles. The van der Waals surface area contributed by atoms with E-state index in [0.717, 1.165) is 38.1 Å². The van der Waals surface area contributed by atoms with E-state index in [1.54, 1.807) is 0 Å². The van der Waals surface area contributed by atoms with Crippen molar-refractivity contribution < 1.29 is 4.74 Å². The molecule has 0 aromatic carbocycles. The van der Waals surface area contributed by atoms with Gasteiger partial charge in [-0.15, -0.1) is 0 Å². The molecule has 78 valence electrons. The zero-order valence-electron chi connectivity index (χ0n) is 9.10. The van der Waals surface area contributed by atoms with Crippen LogP contribution in [-0.2, 0) is 4.74 Å². The first-order valence-corrected chi connectivity index (χ1v) is 5.47. The van der Waals surface area contributed by atoms with Crippen LogP contribution in [0.15, 0.2) is 23.5 Å². The molecule has 0 amide bonds. The summed E-state index contributed by atoms with van der Waals surface area (Å²) < 4.78 is 6.08. The van der Waals surface area contributed by atoms with E-state index in [1.807, 2.05) is 0 Å². The van der Waals surface area contributed by atoms with Crippen LogP contribution in [0.1, 0.15) is 33.1 Å². The molecule has 1 fully saturated rings. The SMILES string of the molecule is CC1=CCCC=C1O[C@]1(C)CCNC1. The Morgan fingerprint density at radius 1 is 1.36 bits per heavy atom. The Morgan fingerprint density at radius 3 is 2.79 bits per heavy atom. The summed E-state index contributed by atoms with van der Waals surface area (Å²) in [5.41, 5.74) is 1.31. The summed E-state index contributed by atoms with van der Waals surface area (Å²) in [6.45, 7) is 6.37. The number of hydrogen-bond donors (Lipinski definition) is 1. The molecule has 1 saturated heterocycles. The summed E-state index contributed by atoms with van der Waals surface area (Å²) in [6.07, 6.45) is 7.88. The van der Waals surface area contributed by atoms with Crippen LogP contribution in [0.4, 0.5) is 0 Å². The Balaban J connectivity index is 2.03. The lowest BCUT2D eigenvalue weighted by molar-refractivity contribution is 0.0399. The average molecular weight is 193 g/mol. The molecule has 0 aromatic heterocycles. The molecule has 2 heteroatoms. The van der Waals surface area contributed by atoms with E-state index in [1.165, 1.54) is 5.57 Å². The highest BCUT2D eigenvalue weighted by Crippen LogP contribution is 2.28. The van der Waals surface area contributed by atoms with Crippen LogP contribution < -0.4 is 5.32 Å². The minimum Gasteiger partial charge on any atom is -0.486 e. The van der Waals surface area contributed by atoms with Gasteiger partial charge in [-0.3, -0.25) is 0 Å². The van der Waals surface area contributed by atoms with Crippen molar-refractivity contribution in [3.05, 3.63) is 23.5 Å². The summed E-state index contributed by atoms with van der Waals surface area (Å²) in [6, 6.07) is 0. The fraction of sp³-hybridized carbons (Fsp3) is 0.667. The first kappa shape index (κ1) is 9.78. The van der Waals surface area contributed by atoms with Gasteiger partial charge in [0.15, 0.2) is 0 Å². The molecule has 0 bridgehead atoms. The molecule has 2 rings (SSSR count). The summed E-state index contributed by atoms with van der Waals surface area (Å²) in [4.78, 5) is 0. The van der Waals surface area contributed by atoms with Gasteiger partial charge < -0.3 is 10.1 Å². The van der Waals surface area contributed by atoms with Gasteiger partial charge in [-0.2, -0.15) is 0 Å². The molecule has 1 aliphatic heterocycles. The van der Waals surface area contributed by atoms with Crippen molar-refractivity contribution in [2.24, 2.45) is 0 Å². The molecule has 1 heterocycles. The van der Waals surface area contributed by atoms with Gasteiger partial charge >= 0.3 is 0 Å². The van der Waals surface area contributed by atoms with Gasteiger partial charge in [0.1, 0.15) is 11.4 Å². The number of nitrogens with one attached hydrogen (secondary N) is 1. The van der Waals surface area contributed by atoms with E-state index in [-0.39, 0.29) is 5.60 Å². The van der Waals surface area contributed by atoms with Crippen molar-refractivity contribution in [2.45, 2.75) is 38.7 Å².